The first-order valence-corrected chi connectivity index (χ1v) is 9.84. The van der Waals surface area contributed by atoms with Gasteiger partial charge >= 0.3 is 6.09 Å². The minimum atomic E-state index is -3.87. The molecule has 1 fully saturated rings. The van der Waals surface area contributed by atoms with E-state index in [1.54, 1.807) is 20.8 Å². The van der Waals surface area contributed by atoms with Crippen LogP contribution in [0.2, 0.25) is 5.02 Å². The average Bonchev–Trinajstić information content (AvgIpc) is 2.49. The number of anilines is 1. The van der Waals surface area contributed by atoms with Crippen LogP contribution in [0, 0.1) is 0 Å². The zero-order valence-corrected chi connectivity index (χ0v) is 16.0. The first kappa shape index (κ1) is 19.7. The van der Waals surface area contributed by atoms with Crippen LogP contribution in [-0.4, -0.2) is 48.5 Å². The number of benzene rings is 1. The van der Waals surface area contributed by atoms with Crippen molar-refractivity contribution in [3.8, 4) is 5.75 Å². The Morgan fingerprint density at radius 2 is 1.88 bits per heavy atom. The van der Waals surface area contributed by atoms with E-state index in [-0.39, 0.29) is 41.5 Å². The fourth-order valence-electron chi connectivity index (χ4n) is 2.67. The summed E-state index contributed by atoms with van der Waals surface area (Å²) in [7, 11) is -3.87. The van der Waals surface area contributed by atoms with Gasteiger partial charge in [-0.15, -0.1) is 0 Å². The molecule has 9 heteroatoms. The van der Waals surface area contributed by atoms with Crippen LogP contribution in [0.4, 0.5) is 10.5 Å². The Morgan fingerprint density at radius 3 is 2.40 bits per heavy atom. The molecular weight excluding hydrogens is 368 g/mol. The van der Waals surface area contributed by atoms with E-state index in [1.165, 1.54) is 17.0 Å². The summed E-state index contributed by atoms with van der Waals surface area (Å²) in [5.74, 6) is -0.526. The molecule has 1 heterocycles. The van der Waals surface area contributed by atoms with Gasteiger partial charge in [-0.05, 0) is 45.7 Å². The summed E-state index contributed by atoms with van der Waals surface area (Å²) in [6, 6.07) is 2.70. The van der Waals surface area contributed by atoms with E-state index in [2.05, 4.69) is 0 Å². The predicted molar refractivity (Wildman–Crippen MR) is 95.5 cm³/mol. The minimum Gasteiger partial charge on any atom is -0.504 e. The second-order valence-electron chi connectivity index (χ2n) is 7.03. The molecule has 1 saturated heterocycles. The van der Waals surface area contributed by atoms with Crippen molar-refractivity contribution in [3.63, 3.8) is 0 Å². The molecule has 0 spiro atoms. The number of carbonyl (C=O) groups is 1. The molecule has 3 N–H and O–H groups in total. The number of sulfone groups is 1. The molecule has 1 aliphatic rings. The first-order valence-electron chi connectivity index (χ1n) is 7.92. The maximum atomic E-state index is 12.9. The lowest BCUT2D eigenvalue weighted by atomic mass is 10.1. The van der Waals surface area contributed by atoms with Crippen molar-refractivity contribution in [2.45, 2.75) is 49.4 Å². The van der Waals surface area contributed by atoms with E-state index in [0.717, 1.165) is 0 Å². The summed E-state index contributed by atoms with van der Waals surface area (Å²) in [5, 5.41) is 9.22. The van der Waals surface area contributed by atoms with Crippen molar-refractivity contribution in [1.82, 2.24) is 4.90 Å². The number of nitrogens with zero attached hydrogens (tertiary/aromatic N) is 1. The third-order valence-corrected chi connectivity index (χ3v) is 6.69. The van der Waals surface area contributed by atoms with Crippen LogP contribution in [0.5, 0.6) is 5.75 Å². The molecule has 1 aliphatic heterocycles. The molecule has 1 aromatic rings. The molecule has 0 saturated carbocycles. The number of rotatable bonds is 2. The number of phenolic OH excluding ortho intramolecular Hbond substituents is 1. The molecular formula is C16H23ClN2O5S. The summed E-state index contributed by atoms with van der Waals surface area (Å²) in [4.78, 5) is 13.2. The van der Waals surface area contributed by atoms with Gasteiger partial charge in [0.25, 0.3) is 0 Å². The summed E-state index contributed by atoms with van der Waals surface area (Å²) >= 11 is 5.98. The second kappa shape index (κ2) is 6.92. The number of amides is 1. The highest BCUT2D eigenvalue weighted by molar-refractivity contribution is 7.92. The van der Waals surface area contributed by atoms with Crippen LogP contribution < -0.4 is 5.73 Å². The van der Waals surface area contributed by atoms with E-state index < -0.39 is 32.5 Å². The molecule has 2 rings (SSSR count). The molecule has 1 aromatic carbocycles. The van der Waals surface area contributed by atoms with Crippen LogP contribution in [0.3, 0.4) is 0 Å². The van der Waals surface area contributed by atoms with Crippen LogP contribution >= 0.6 is 11.6 Å². The third kappa shape index (κ3) is 4.30. The van der Waals surface area contributed by atoms with Gasteiger partial charge in [-0.25, -0.2) is 13.2 Å². The van der Waals surface area contributed by atoms with E-state index in [1.807, 2.05) is 0 Å². The highest BCUT2D eigenvalue weighted by Gasteiger charge is 2.37. The lowest BCUT2D eigenvalue weighted by Gasteiger charge is -2.33. The monoisotopic (exact) mass is 390 g/mol. The fraction of sp³-hybridized carbons (Fsp3) is 0.562. The molecule has 25 heavy (non-hydrogen) atoms. The number of likely N-dealkylation sites (tertiary alicyclic amines) is 1. The standard InChI is InChI=1S/C16H23ClN2O5S/c1-16(2,3)24-15(21)19-8-6-10(7-9-19)25(22,23)14-11(17)4-5-12(18)13(14)20/h4-5,10,20H,6-9,18H2,1-3H3. The van der Waals surface area contributed by atoms with Crippen LogP contribution in [0.25, 0.3) is 0 Å². The van der Waals surface area contributed by atoms with E-state index >= 15 is 0 Å². The summed E-state index contributed by atoms with van der Waals surface area (Å²) in [6.45, 7) is 5.81. The molecule has 0 atom stereocenters. The van der Waals surface area contributed by atoms with Crippen molar-refractivity contribution in [1.29, 1.82) is 0 Å². The van der Waals surface area contributed by atoms with Crippen molar-refractivity contribution in [3.05, 3.63) is 17.2 Å². The molecule has 0 aliphatic carbocycles. The van der Waals surface area contributed by atoms with Gasteiger partial charge in [-0.3, -0.25) is 0 Å². The zero-order chi connectivity index (χ0) is 19.0. The number of halogens is 1. The molecule has 140 valence electrons. The van der Waals surface area contributed by atoms with Crippen LogP contribution in [-0.2, 0) is 14.6 Å². The van der Waals surface area contributed by atoms with Crippen LogP contribution in [0.15, 0.2) is 17.0 Å². The van der Waals surface area contributed by atoms with E-state index in [0.29, 0.717) is 0 Å². The Balaban J connectivity index is 2.15. The summed E-state index contributed by atoms with van der Waals surface area (Å²) in [5.41, 5.74) is 4.94. The maximum absolute atomic E-state index is 12.9. The Morgan fingerprint density at radius 1 is 1.32 bits per heavy atom. The van der Waals surface area contributed by atoms with Gasteiger partial charge in [0.1, 0.15) is 10.5 Å². The summed E-state index contributed by atoms with van der Waals surface area (Å²) < 4.78 is 31.0. The van der Waals surface area contributed by atoms with Gasteiger partial charge in [0, 0.05) is 13.1 Å². The average molecular weight is 391 g/mol. The maximum Gasteiger partial charge on any atom is 0.410 e. The lowest BCUT2D eigenvalue weighted by molar-refractivity contribution is 0.0217. The number of nitrogen functional groups attached to an aromatic ring is 1. The quantitative estimate of drug-likeness (QED) is 0.593. The van der Waals surface area contributed by atoms with E-state index in [9.17, 15) is 18.3 Å². The number of hydrogen-bond donors (Lipinski definition) is 2. The predicted octanol–water partition coefficient (Wildman–Crippen LogP) is 2.80. The van der Waals surface area contributed by atoms with Gasteiger partial charge in [0.2, 0.25) is 0 Å². The highest BCUT2D eigenvalue weighted by Crippen LogP contribution is 2.39. The van der Waals surface area contributed by atoms with Crippen molar-refractivity contribution >= 4 is 33.2 Å². The highest BCUT2D eigenvalue weighted by atomic mass is 35.5. The summed E-state index contributed by atoms with van der Waals surface area (Å²) in [6.07, 6.45) is -0.00801. The SMILES string of the molecule is CC(C)(C)OC(=O)N1CCC(S(=O)(=O)c2c(Cl)ccc(N)c2O)CC1. The minimum absolute atomic E-state index is 0.0471. The van der Waals surface area contributed by atoms with E-state index in [4.69, 9.17) is 22.1 Å². The molecule has 0 bridgehead atoms. The Kier molecular flexibility index (Phi) is 5.44. The Hall–Kier alpha value is -1.67. The van der Waals surface area contributed by atoms with Gasteiger partial charge in [0.15, 0.2) is 15.6 Å². The molecule has 0 aromatic heterocycles. The largest absolute Gasteiger partial charge is 0.504 e. The zero-order valence-electron chi connectivity index (χ0n) is 14.5. The number of hydrogen-bond acceptors (Lipinski definition) is 6. The second-order valence-corrected chi connectivity index (χ2v) is 9.60. The molecule has 0 radical (unpaired) electrons. The lowest BCUT2D eigenvalue weighted by Crippen LogP contribution is -2.44. The topological polar surface area (TPSA) is 110 Å². The first-order chi connectivity index (χ1) is 11.4. The number of ether oxygens (including phenoxy) is 1. The van der Waals surface area contributed by atoms with Gasteiger partial charge in [0.05, 0.1) is 16.0 Å². The normalized spacial score (nSPS) is 16.7. The van der Waals surface area contributed by atoms with Gasteiger partial charge in [-0.1, -0.05) is 11.6 Å². The van der Waals surface area contributed by atoms with Crippen molar-refractivity contribution in [2.75, 3.05) is 18.8 Å². The van der Waals surface area contributed by atoms with Crippen LogP contribution in [0.1, 0.15) is 33.6 Å². The third-order valence-electron chi connectivity index (χ3n) is 3.93. The smallest absolute Gasteiger partial charge is 0.410 e. The Labute approximate surface area is 152 Å². The number of nitrogens with two attached hydrogens (primary N) is 1. The molecule has 1 amide bonds. The number of piperidine rings is 1. The fourth-order valence-corrected chi connectivity index (χ4v) is 5.04. The molecule has 7 nitrogen and oxygen atoms in total. The Bertz CT molecular complexity index is 765. The molecule has 0 unspecified atom stereocenters. The number of phenols is 1. The number of aromatic hydroxyl groups is 1. The van der Waals surface area contributed by atoms with Gasteiger partial charge in [-0.2, -0.15) is 0 Å². The van der Waals surface area contributed by atoms with Crippen molar-refractivity contribution in [2.24, 2.45) is 0 Å². The van der Waals surface area contributed by atoms with Gasteiger partial charge < -0.3 is 20.5 Å². The van der Waals surface area contributed by atoms with Crippen molar-refractivity contribution < 1.29 is 23.1 Å². The number of carbonyl (C=O) groups excluding carboxylic acids is 1.